The van der Waals surface area contributed by atoms with Gasteiger partial charge in [0.25, 0.3) is 5.91 Å². The van der Waals surface area contributed by atoms with Gasteiger partial charge in [-0.15, -0.1) is 0 Å². The van der Waals surface area contributed by atoms with Crippen LogP contribution in [0.15, 0.2) is 42.5 Å². The Bertz CT molecular complexity index is 945. The minimum atomic E-state index is -0.386. The van der Waals surface area contributed by atoms with Gasteiger partial charge in [0.2, 0.25) is 11.8 Å². The lowest BCUT2D eigenvalue weighted by Gasteiger charge is -2.10. The summed E-state index contributed by atoms with van der Waals surface area (Å²) in [6.07, 6.45) is 0. The van der Waals surface area contributed by atoms with E-state index in [1.807, 2.05) is 24.3 Å². The summed E-state index contributed by atoms with van der Waals surface area (Å²) in [5.74, 6) is -0.937. The SMILES string of the molecule is CC(=O)Nc1cc(NC(C)=O)cc(C(=O)Nc2nc3ccccc3s2)c1. The number of hydrogen-bond acceptors (Lipinski definition) is 5. The molecule has 26 heavy (non-hydrogen) atoms. The molecule has 3 rings (SSSR count). The second-order valence-corrected chi connectivity index (χ2v) is 6.63. The van der Waals surface area contributed by atoms with Crippen LogP contribution in [0.1, 0.15) is 24.2 Å². The Morgan fingerprint density at radius 1 is 0.885 bits per heavy atom. The number of nitrogens with zero attached hydrogens (tertiary/aromatic N) is 1. The van der Waals surface area contributed by atoms with Gasteiger partial charge in [0.15, 0.2) is 5.13 Å². The van der Waals surface area contributed by atoms with E-state index in [9.17, 15) is 14.4 Å². The fourth-order valence-corrected chi connectivity index (χ4v) is 3.27. The van der Waals surface area contributed by atoms with E-state index >= 15 is 0 Å². The zero-order chi connectivity index (χ0) is 18.7. The summed E-state index contributed by atoms with van der Waals surface area (Å²) in [6.45, 7) is 2.73. The van der Waals surface area contributed by atoms with Crippen molar-refractivity contribution in [3.8, 4) is 0 Å². The number of carbonyl (C=O) groups excluding carboxylic acids is 3. The summed E-state index contributed by atoms with van der Waals surface area (Å²) in [5.41, 5.74) is 1.93. The summed E-state index contributed by atoms with van der Waals surface area (Å²) < 4.78 is 0.966. The molecular weight excluding hydrogens is 352 g/mol. The van der Waals surface area contributed by atoms with E-state index in [0.29, 0.717) is 22.1 Å². The molecule has 2 aromatic carbocycles. The van der Waals surface area contributed by atoms with Gasteiger partial charge in [-0.25, -0.2) is 4.98 Å². The second kappa shape index (κ2) is 7.32. The molecule has 0 bridgehead atoms. The largest absolute Gasteiger partial charge is 0.326 e. The average Bonchev–Trinajstić information content (AvgIpc) is 2.95. The minimum Gasteiger partial charge on any atom is -0.326 e. The molecule has 0 fully saturated rings. The average molecular weight is 368 g/mol. The second-order valence-electron chi connectivity index (χ2n) is 5.60. The van der Waals surface area contributed by atoms with E-state index < -0.39 is 0 Å². The van der Waals surface area contributed by atoms with Crippen molar-refractivity contribution >= 4 is 55.8 Å². The van der Waals surface area contributed by atoms with Gasteiger partial charge in [0, 0.05) is 30.8 Å². The van der Waals surface area contributed by atoms with Gasteiger partial charge >= 0.3 is 0 Å². The Labute approximate surface area is 153 Å². The molecule has 1 heterocycles. The van der Waals surface area contributed by atoms with Crippen LogP contribution in [0, 0.1) is 0 Å². The lowest BCUT2D eigenvalue weighted by molar-refractivity contribution is -0.115. The summed E-state index contributed by atoms with van der Waals surface area (Å²) in [4.78, 5) is 39.6. The number of anilines is 3. The summed E-state index contributed by atoms with van der Waals surface area (Å²) >= 11 is 1.37. The van der Waals surface area contributed by atoms with Crippen molar-refractivity contribution in [2.75, 3.05) is 16.0 Å². The van der Waals surface area contributed by atoms with Crippen LogP contribution in [0.2, 0.25) is 0 Å². The van der Waals surface area contributed by atoms with Crippen LogP contribution in [0.25, 0.3) is 10.2 Å². The van der Waals surface area contributed by atoms with E-state index in [-0.39, 0.29) is 17.7 Å². The summed E-state index contributed by atoms with van der Waals surface area (Å²) in [7, 11) is 0. The molecular formula is C18H16N4O3S. The Morgan fingerprint density at radius 3 is 2.08 bits per heavy atom. The lowest BCUT2D eigenvalue weighted by atomic mass is 10.1. The quantitative estimate of drug-likeness (QED) is 0.656. The molecule has 132 valence electrons. The molecule has 0 saturated carbocycles. The molecule has 0 atom stereocenters. The van der Waals surface area contributed by atoms with E-state index in [1.54, 1.807) is 6.07 Å². The van der Waals surface area contributed by atoms with Crippen molar-refractivity contribution in [3.63, 3.8) is 0 Å². The van der Waals surface area contributed by atoms with Crippen molar-refractivity contribution in [2.24, 2.45) is 0 Å². The molecule has 0 aliphatic rings. The number of nitrogens with one attached hydrogen (secondary N) is 3. The number of amides is 3. The van der Waals surface area contributed by atoms with Crippen molar-refractivity contribution in [1.29, 1.82) is 0 Å². The molecule has 7 nitrogen and oxygen atoms in total. The number of aromatic nitrogens is 1. The van der Waals surface area contributed by atoms with E-state index in [0.717, 1.165) is 10.2 Å². The van der Waals surface area contributed by atoms with Gasteiger partial charge in [-0.1, -0.05) is 23.5 Å². The van der Waals surface area contributed by atoms with Crippen LogP contribution >= 0.6 is 11.3 Å². The first-order valence-corrected chi connectivity index (χ1v) is 8.59. The first kappa shape index (κ1) is 17.6. The maximum Gasteiger partial charge on any atom is 0.257 e. The van der Waals surface area contributed by atoms with Gasteiger partial charge in [-0.3, -0.25) is 19.7 Å². The number of thiazole rings is 1. The van der Waals surface area contributed by atoms with Crippen LogP contribution in [-0.2, 0) is 9.59 Å². The molecule has 0 unspecified atom stereocenters. The third-order valence-corrected chi connectivity index (χ3v) is 4.30. The number of hydrogen-bond donors (Lipinski definition) is 3. The van der Waals surface area contributed by atoms with Gasteiger partial charge in [0.1, 0.15) is 0 Å². The highest BCUT2D eigenvalue weighted by Gasteiger charge is 2.13. The third-order valence-electron chi connectivity index (χ3n) is 3.35. The van der Waals surface area contributed by atoms with Crippen molar-refractivity contribution < 1.29 is 14.4 Å². The predicted molar refractivity (Wildman–Crippen MR) is 103 cm³/mol. The summed E-state index contributed by atoms with van der Waals surface area (Å²) in [6, 6.07) is 12.2. The molecule has 0 saturated heterocycles. The van der Waals surface area contributed by atoms with E-state index in [1.165, 1.54) is 37.3 Å². The predicted octanol–water partition coefficient (Wildman–Crippen LogP) is 3.47. The van der Waals surface area contributed by atoms with Crippen LogP contribution < -0.4 is 16.0 Å². The highest BCUT2D eigenvalue weighted by atomic mass is 32.1. The first-order valence-electron chi connectivity index (χ1n) is 7.78. The molecule has 3 amide bonds. The topological polar surface area (TPSA) is 100 Å². The molecule has 1 aromatic heterocycles. The Morgan fingerprint density at radius 2 is 1.50 bits per heavy atom. The third kappa shape index (κ3) is 4.22. The van der Waals surface area contributed by atoms with Crippen LogP contribution in [0.3, 0.4) is 0 Å². The lowest BCUT2D eigenvalue weighted by Crippen LogP contribution is -2.15. The van der Waals surface area contributed by atoms with E-state index in [2.05, 4.69) is 20.9 Å². The highest BCUT2D eigenvalue weighted by molar-refractivity contribution is 7.22. The van der Waals surface area contributed by atoms with Gasteiger partial charge in [0.05, 0.1) is 10.2 Å². The summed E-state index contributed by atoms with van der Waals surface area (Å²) in [5, 5.41) is 8.46. The number of fused-ring (bicyclic) bond motifs is 1. The molecule has 0 aliphatic heterocycles. The van der Waals surface area contributed by atoms with Crippen molar-refractivity contribution in [2.45, 2.75) is 13.8 Å². The zero-order valence-corrected chi connectivity index (χ0v) is 14.9. The highest BCUT2D eigenvalue weighted by Crippen LogP contribution is 2.26. The van der Waals surface area contributed by atoms with E-state index in [4.69, 9.17) is 0 Å². The number of para-hydroxylation sites is 1. The van der Waals surface area contributed by atoms with Crippen LogP contribution in [0.4, 0.5) is 16.5 Å². The standard InChI is InChI=1S/C18H16N4O3S/c1-10(23)19-13-7-12(8-14(9-13)20-11(2)24)17(25)22-18-21-15-5-3-4-6-16(15)26-18/h3-9H,1-2H3,(H,19,23)(H,20,24)(H,21,22,25). The molecule has 0 aliphatic carbocycles. The first-order chi connectivity index (χ1) is 12.4. The van der Waals surface area contributed by atoms with Crippen LogP contribution in [0.5, 0.6) is 0 Å². The van der Waals surface area contributed by atoms with Crippen molar-refractivity contribution in [3.05, 3.63) is 48.0 Å². The minimum absolute atomic E-state index is 0.275. The Kier molecular flexibility index (Phi) is 4.94. The maximum atomic E-state index is 12.6. The Balaban J connectivity index is 1.88. The number of benzene rings is 2. The van der Waals surface area contributed by atoms with Gasteiger partial charge < -0.3 is 10.6 Å². The Hall–Kier alpha value is -3.26. The molecule has 0 spiro atoms. The normalized spacial score (nSPS) is 10.4. The van der Waals surface area contributed by atoms with Crippen molar-refractivity contribution in [1.82, 2.24) is 4.98 Å². The van der Waals surface area contributed by atoms with Gasteiger partial charge in [-0.2, -0.15) is 0 Å². The number of carbonyl (C=O) groups is 3. The molecule has 8 heteroatoms. The molecule has 3 N–H and O–H groups in total. The van der Waals surface area contributed by atoms with Gasteiger partial charge in [-0.05, 0) is 30.3 Å². The monoisotopic (exact) mass is 368 g/mol. The molecule has 3 aromatic rings. The fourth-order valence-electron chi connectivity index (χ4n) is 2.40. The maximum absolute atomic E-state index is 12.6. The van der Waals surface area contributed by atoms with Crippen LogP contribution in [-0.4, -0.2) is 22.7 Å². The molecule has 0 radical (unpaired) electrons. The zero-order valence-electron chi connectivity index (χ0n) is 14.1. The fraction of sp³-hybridized carbons (Fsp3) is 0.111. The smallest absolute Gasteiger partial charge is 0.257 e. The number of rotatable bonds is 4.